The maximum absolute atomic E-state index is 10.8. The molecule has 0 spiro atoms. The minimum atomic E-state index is -0.179. The zero-order chi connectivity index (χ0) is 10.6. The molecular formula is C8H13N3O2S. The summed E-state index contributed by atoms with van der Waals surface area (Å²) in [5.41, 5.74) is 4.01. The summed E-state index contributed by atoms with van der Waals surface area (Å²) in [6.07, 6.45) is 0. The van der Waals surface area contributed by atoms with E-state index in [1.54, 1.807) is 0 Å². The average Bonchev–Trinajstić information content (AvgIpc) is 2.48. The lowest BCUT2D eigenvalue weighted by Crippen LogP contribution is -2.31. The van der Waals surface area contributed by atoms with Gasteiger partial charge in [-0.15, -0.1) is 11.8 Å². The van der Waals surface area contributed by atoms with E-state index >= 15 is 0 Å². The summed E-state index contributed by atoms with van der Waals surface area (Å²) in [5.74, 6) is 6.64. The predicted molar refractivity (Wildman–Crippen MR) is 54.5 cm³/mol. The van der Waals surface area contributed by atoms with E-state index in [0.717, 1.165) is 17.0 Å². The topological polar surface area (TPSA) is 81.2 Å². The van der Waals surface area contributed by atoms with Crippen LogP contribution in [0.15, 0.2) is 4.52 Å². The summed E-state index contributed by atoms with van der Waals surface area (Å²) in [4.78, 5) is 10.8. The number of hydrogen-bond acceptors (Lipinski definition) is 5. The number of hydrazine groups is 1. The number of carbonyl (C=O) groups excluding carboxylic acids is 1. The van der Waals surface area contributed by atoms with Crippen molar-refractivity contribution in [3.63, 3.8) is 0 Å². The molecule has 1 heterocycles. The van der Waals surface area contributed by atoms with E-state index in [1.165, 1.54) is 11.8 Å². The molecule has 0 aliphatic heterocycles. The zero-order valence-corrected chi connectivity index (χ0v) is 8.98. The Hall–Kier alpha value is -1.01. The van der Waals surface area contributed by atoms with Crippen molar-refractivity contribution in [2.24, 2.45) is 5.84 Å². The first-order chi connectivity index (χ1) is 6.65. The Morgan fingerprint density at radius 1 is 1.64 bits per heavy atom. The molecule has 0 aliphatic rings. The lowest BCUT2D eigenvalue weighted by Gasteiger charge is -1.99. The van der Waals surface area contributed by atoms with Crippen LogP contribution < -0.4 is 11.3 Å². The number of nitrogens with one attached hydrogen (secondary N) is 1. The van der Waals surface area contributed by atoms with E-state index in [4.69, 9.17) is 10.4 Å². The van der Waals surface area contributed by atoms with Crippen molar-refractivity contribution in [1.82, 2.24) is 10.6 Å². The number of carbonyl (C=O) groups is 1. The fraction of sp³-hybridized carbons (Fsp3) is 0.500. The number of aromatic nitrogens is 1. The second kappa shape index (κ2) is 5.02. The molecule has 6 heteroatoms. The lowest BCUT2D eigenvalue weighted by atomic mass is 10.2. The quantitative estimate of drug-likeness (QED) is 0.434. The number of thioether (sulfide) groups is 1. The maximum atomic E-state index is 10.8. The molecule has 0 bridgehead atoms. The lowest BCUT2D eigenvalue weighted by molar-refractivity contribution is -0.118. The highest BCUT2D eigenvalue weighted by molar-refractivity contribution is 7.99. The Morgan fingerprint density at radius 2 is 2.36 bits per heavy atom. The Kier molecular flexibility index (Phi) is 3.97. The van der Waals surface area contributed by atoms with Gasteiger partial charge in [-0.1, -0.05) is 5.16 Å². The molecule has 1 amide bonds. The van der Waals surface area contributed by atoms with Gasteiger partial charge in [-0.2, -0.15) is 0 Å². The van der Waals surface area contributed by atoms with E-state index in [9.17, 15) is 4.79 Å². The molecule has 14 heavy (non-hydrogen) atoms. The van der Waals surface area contributed by atoms with E-state index in [1.807, 2.05) is 13.8 Å². The van der Waals surface area contributed by atoms with Crippen molar-refractivity contribution in [1.29, 1.82) is 0 Å². The van der Waals surface area contributed by atoms with Crippen molar-refractivity contribution < 1.29 is 9.32 Å². The first kappa shape index (κ1) is 11.1. The van der Waals surface area contributed by atoms with Crippen LogP contribution in [0.5, 0.6) is 0 Å². The highest BCUT2D eigenvalue weighted by atomic mass is 32.2. The zero-order valence-electron chi connectivity index (χ0n) is 8.16. The minimum Gasteiger partial charge on any atom is -0.361 e. The second-order valence-corrected chi connectivity index (χ2v) is 3.85. The SMILES string of the molecule is Cc1noc(C)c1CSCC(=O)NN. The van der Waals surface area contributed by atoms with Gasteiger partial charge in [0, 0.05) is 11.3 Å². The summed E-state index contributed by atoms with van der Waals surface area (Å²) in [6, 6.07) is 0. The molecule has 5 nitrogen and oxygen atoms in total. The van der Waals surface area contributed by atoms with Crippen LogP contribution in [-0.4, -0.2) is 16.8 Å². The highest BCUT2D eigenvalue weighted by Gasteiger charge is 2.09. The van der Waals surface area contributed by atoms with Gasteiger partial charge in [0.1, 0.15) is 5.76 Å². The van der Waals surface area contributed by atoms with Crippen LogP contribution in [0.3, 0.4) is 0 Å². The summed E-state index contributed by atoms with van der Waals surface area (Å²) in [5, 5.41) is 3.82. The number of nitrogens with two attached hydrogens (primary N) is 1. The first-order valence-electron chi connectivity index (χ1n) is 4.14. The van der Waals surface area contributed by atoms with Gasteiger partial charge in [-0.25, -0.2) is 5.84 Å². The van der Waals surface area contributed by atoms with E-state index < -0.39 is 0 Å². The Bertz CT molecular complexity index is 305. The second-order valence-electron chi connectivity index (χ2n) is 2.86. The third-order valence-electron chi connectivity index (χ3n) is 1.82. The first-order valence-corrected chi connectivity index (χ1v) is 5.29. The monoisotopic (exact) mass is 215 g/mol. The molecule has 0 atom stereocenters. The maximum Gasteiger partial charge on any atom is 0.243 e. The molecule has 1 aromatic heterocycles. The van der Waals surface area contributed by atoms with Crippen LogP contribution in [0.4, 0.5) is 0 Å². The van der Waals surface area contributed by atoms with E-state index in [-0.39, 0.29) is 5.91 Å². The van der Waals surface area contributed by atoms with Crippen LogP contribution >= 0.6 is 11.8 Å². The molecule has 3 N–H and O–H groups in total. The van der Waals surface area contributed by atoms with Crippen molar-refractivity contribution in [3.8, 4) is 0 Å². The average molecular weight is 215 g/mol. The molecule has 0 aliphatic carbocycles. The molecule has 1 aromatic rings. The molecule has 0 saturated heterocycles. The number of aryl methyl sites for hydroxylation is 2. The van der Waals surface area contributed by atoms with Gasteiger partial charge < -0.3 is 4.52 Å². The summed E-state index contributed by atoms with van der Waals surface area (Å²) < 4.78 is 4.99. The number of hydrogen-bond donors (Lipinski definition) is 2. The van der Waals surface area contributed by atoms with E-state index in [0.29, 0.717) is 11.5 Å². The van der Waals surface area contributed by atoms with Gasteiger partial charge in [0.15, 0.2) is 0 Å². The largest absolute Gasteiger partial charge is 0.361 e. The molecule has 0 saturated carbocycles. The number of rotatable bonds is 4. The van der Waals surface area contributed by atoms with Crippen LogP contribution in [0.25, 0.3) is 0 Å². The fourth-order valence-corrected chi connectivity index (χ4v) is 1.98. The van der Waals surface area contributed by atoms with Crippen LogP contribution in [0.1, 0.15) is 17.0 Å². The van der Waals surface area contributed by atoms with Gasteiger partial charge in [-0.3, -0.25) is 10.2 Å². The van der Waals surface area contributed by atoms with E-state index in [2.05, 4.69) is 10.6 Å². The van der Waals surface area contributed by atoms with Crippen LogP contribution in [0.2, 0.25) is 0 Å². The Balaban J connectivity index is 2.42. The Morgan fingerprint density at radius 3 is 2.86 bits per heavy atom. The van der Waals surface area contributed by atoms with Gasteiger partial charge in [0.25, 0.3) is 0 Å². The highest BCUT2D eigenvalue weighted by Crippen LogP contribution is 2.18. The van der Waals surface area contributed by atoms with Crippen molar-refractivity contribution in [2.75, 3.05) is 5.75 Å². The molecule has 0 radical (unpaired) electrons. The summed E-state index contributed by atoms with van der Waals surface area (Å²) in [6.45, 7) is 3.74. The van der Waals surface area contributed by atoms with Crippen LogP contribution in [-0.2, 0) is 10.5 Å². The molecule has 0 fully saturated rings. The smallest absolute Gasteiger partial charge is 0.243 e. The minimum absolute atomic E-state index is 0.179. The van der Waals surface area contributed by atoms with Gasteiger partial charge in [0.2, 0.25) is 5.91 Å². The normalized spacial score (nSPS) is 10.2. The van der Waals surface area contributed by atoms with Gasteiger partial charge in [0.05, 0.1) is 11.4 Å². The molecule has 1 rings (SSSR count). The van der Waals surface area contributed by atoms with Gasteiger partial charge in [-0.05, 0) is 13.8 Å². The number of nitrogens with zero attached hydrogens (tertiary/aromatic N) is 1. The molecule has 0 aromatic carbocycles. The standard InChI is InChI=1S/C8H13N3O2S/c1-5-7(6(2)13-11-5)3-14-4-8(12)10-9/h3-4,9H2,1-2H3,(H,10,12). The predicted octanol–water partition coefficient (Wildman–Crippen LogP) is 0.515. The van der Waals surface area contributed by atoms with Crippen molar-refractivity contribution >= 4 is 17.7 Å². The fourth-order valence-electron chi connectivity index (χ4n) is 0.995. The third-order valence-corrected chi connectivity index (χ3v) is 2.78. The van der Waals surface area contributed by atoms with Gasteiger partial charge >= 0.3 is 0 Å². The molecular weight excluding hydrogens is 202 g/mol. The van der Waals surface area contributed by atoms with Crippen molar-refractivity contribution in [3.05, 3.63) is 17.0 Å². The molecule has 0 unspecified atom stereocenters. The number of amides is 1. The van der Waals surface area contributed by atoms with Crippen molar-refractivity contribution in [2.45, 2.75) is 19.6 Å². The molecule has 78 valence electrons. The third kappa shape index (κ3) is 2.74. The summed E-state index contributed by atoms with van der Waals surface area (Å²) in [7, 11) is 0. The summed E-state index contributed by atoms with van der Waals surface area (Å²) >= 11 is 1.48. The van der Waals surface area contributed by atoms with Crippen LogP contribution in [0, 0.1) is 13.8 Å². The Labute approximate surface area is 86.4 Å².